The molecule has 0 aliphatic carbocycles. The maximum Gasteiger partial charge on any atom is 0.273 e. The van der Waals surface area contributed by atoms with Crippen LogP contribution in [-0.2, 0) is 16.2 Å². The van der Waals surface area contributed by atoms with E-state index in [0.717, 1.165) is 35.0 Å². The number of fused-ring (bicyclic) bond motifs is 1. The van der Waals surface area contributed by atoms with Crippen molar-refractivity contribution in [1.29, 1.82) is 0 Å². The first-order valence-electron chi connectivity index (χ1n) is 11.3. The minimum Gasteiger partial charge on any atom is -0.387 e. The van der Waals surface area contributed by atoms with Crippen LogP contribution in [-0.4, -0.2) is 29.6 Å². The smallest absolute Gasteiger partial charge is 0.273 e. The zero-order chi connectivity index (χ0) is 23.9. The number of benzene rings is 3. The molecule has 34 heavy (non-hydrogen) atoms. The van der Waals surface area contributed by atoms with Crippen molar-refractivity contribution in [3.63, 3.8) is 0 Å². The molecule has 3 aromatic rings. The first-order chi connectivity index (χ1) is 16.6. The van der Waals surface area contributed by atoms with Crippen molar-refractivity contribution in [2.75, 3.05) is 6.54 Å². The number of hydrogen-bond acceptors (Lipinski definition) is 5. The standard InChI is InChI=1S/C28H27N3O3/c1-2-14-31(34-19-21-6-4-3-5-7-21)28(33)25-15-24-13-12-23(16-26(24)30-27(29)17-25)22-10-8-20(18-32)9-11-22/h3-13,15-16,18H,2,14,17,19H2,1H3,(H2,29,30). The summed E-state index contributed by atoms with van der Waals surface area (Å²) in [6, 6.07) is 22.9. The van der Waals surface area contributed by atoms with Gasteiger partial charge in [-0.1, -0.05) is 73.7 Å². The Morgan fingerprint density at radius 3 is 2.50 bits per heavy atom. The second-order valence-electron chi connectivity index (χ2n) is 8.13. The molecule has 6 nitrogen and oxygen atoms in total. The Morgan fingerprint density at radius 2 is 1.79 bits per heavy atom. The number of aliphatic imine (C=N–C) groups is 1. The molecule has 3 aromatic carbocycles. The fraction of sp³-hybridized carbons (Fsp3) is 0.179. The Morgan fingerprint density at radius 1 is 1.06 bits per heavy atom. The average Bonchev–Trinajstić information content (AvgIpc) is 3.04. The van der Waals surface area contributed by atoms with E-state index in [0.29, 0.717) is 35.8 Å². The van der Waals surface area contributed by atoms with Gasteiger partial charge in [0.15, 0.2) is 0 Å². The zero-order valence-electron chi connectivity index (χ0n) is 19.1. The minimum absolute atomic E-state index is 0.211. The maximum atomic E-state index is 13.4. The molecule has 1 heterocycles. The molecule has 0 atom stereocenters. The van der Waals surface area contributed by atoms with Crippen molar-refractivity contribution in [3.8, 4) is 11.1 Å². The van der Waals surface area contributed by atoms with Crippen molar-refractivity contribution in [3.05, 3.63) is 95.1 Å². The van der Waals surface area contributed by atoms with Crippen LogP contribution in [0.15, 0.2) is 83.4 Å². The summed E-state index contributed by atoms with van der Waals surface area (Å²) < 4.78 is 0. The van der Waals surface area contributed by atoms with Crippen LogP contribution < -0.4 is 5.73 Å². The van der Waals surface area contributed by atoms with E-state index in [1.165, 1.54) is 5.06 Å². The summed E-state index contributed by atoms with van der Waals surface area (Å²) >= 11 is 0. The van der Waals surface area contributed by atoms with Gasteiger partial charge in [0.2, 0.25) is 0 Å². The number of nitrogens with two attached hydrogens (primary N) is 1. The molecule has 0 fully saturated rings. The number of amidine groups is 1. The van der Waals surface area contributed by atoms with Gasteiger partial charge in [-0.25, -0.2) is 10.1 Å². The van der Waals surface area contributed by atoms with E-state index >= 15 is 0 Å². The van der Waals surface area contributed by atoms with Crippen LogP contribution in [0.2, 0.25) is 0 Å². The van der Waals surface area contributed by atoms with E-state index in [2.05, 4.69) is 4.99 Å². The van der Waals surface area contributed by atoms with Gasteiger partial charge in [-0.2, -0.15) is 0 Å². The second-order valence-corrected chi connectivity index (χ2v) is 8.13. The van der Waals surface area contributed by atoms with Crippen molar-refractivity contribution in [2.24, 2.45) is 10.7 Å². The summed E-state index contributed by atoms with van der Waals surface area (Å²) in [5.74, 6) is 0.156. The topological polar surface area (TPSA) is 85.0 Å². The highest BCUT2D eigenvalue weighted by molar-refractivity contribution is 6.05. The number of hydroxylamine groups is 2. The second kappa shape index (κ2) is 10.7. The number of carbonyl (C=O) groups excluding carboxylic acids is 2. The van der Waals surface area contributed by atoms with Gasteiger partial charge >= 0.3 is 0 Å². The summed E-state index contributed by atoms with van der Waals surface area (Å²) in [6.07, 6.45) is 3.67. The lowest BCUT2D eigenvalue weighted by Crippen LogP contribution is -2.34. The fourth-order valence-electron chi connectivity index (χ4n) is 3.78. The number of aldehydes is 1. The molecule has 6 heteroatoms. The highest BCUT2D eigenvalue weighted by Gasteiger charge is 2.22. The Hall–Kier alpha value is -4.03. The predicted molar refractivity (Wildman–Crippen MR) is 134 cm³/mol. The van der Waals surface area contributed by atoms with E-state index in [1.807, 2.05) is 73.7 Å². The van der Waals surface area contributed by atoms with Crippen LogP contribution in [0.3, 0.4) is 0 Å². The van der Waals surface area contributed by atoms with Gasteiger partial charge in [0.1, 0.15) is 18.7 Å². The van der Waals surface area contributed by atoms with E-state index in [9.17, 15) is 9.59 Å². The first kappa shape index (κ1) is 23.1. The number of nitrogens with zero attached hydrogens (tertiary/aromatic N) is 2. The lowest BCUT2D eigenvalue weighted by atomic mass is 10.00. The van der Waals surface area contributed by atoms with E-state index in [1.54, 1.807) is 12.1 Å². The van der Waals surface area contributed by atoms with Gasteiger partial charge in [0.05, 0.1) is 5.69 Å². The number of rotatable bonds is 8. The Kier molecular flexibility index (Phi) is 7.30. The van der Waals surface area contributed by atoms with Gasteiger partial charge in [-0.05, 0) is 35.3 Å². The summed E-state index contributed by atoms with van der Waals surface area (Å²) in [6.45, 7) is 2.79. The quantitative estimate of drug-likeness (QED) is 0.370. The Balaban J connectivity index is 1.59. The average molecular weight is 454 g/mol. The fourth-order valence-corrected chi connectivity index (χ4v) is 3.78. The van der Waals surface area contributed by atoms with Gasteiger partial charge in [0, 0.05) is 29.7 Å². The predicted octanol–water partition coefficient (Wildman–Crippen LogP) is 5.31. The van der Waals surface area contributed by atoms with Gasteiger partial charge < -0.3 is 5.73 Å². The highest BCUT2D eigenvalue weighted by atomic mass is 16.7. The maximum absolute atomic E-state index is 13.4. The number of amides is 1. The number of hydrogen-bond donors (Lipinski definition) is 1. The third kappa shape index (κ3) is 5.47. The van der Waals surface area contributed by atoms with Gasteiger partial charge in [0.25, 0.3) is 5.91 Å². The summed E-state index contributed by atoms with van der Waals surface area (Å²) in [7, 11) is 0. The molecule has 0 aromatic heterocycles. The molecule has 0 radical (unpaired) electrons. The van der Waals surface area contributed by atoms with Crippen LogP contribution in [0.5, 0.6) is 0 Å². The van der Waals surface area contributed by atoms with E-state index in [-0.39, 0.29) is 12.3 Å². The summed E-state index contributed by atoms with van der Waals surface area (Å²) in [5.41, 5.74) is 11.8. The molecule has 0 bridgehead atoms. The third-order valence-corrected chi connectivity index (χ3v) is 5.53. The van der Waals surface area contributed by atoms with E-state index < -0.39 is 0 Å². The highest BCUT2D eigenvalue weighted by Crippen LogP contribution is 2.32. The Bertz CT molecular complexity index is 1230. The van der Waals surface area contributed by atoms with Crippen molar-refractivity contribution in [1.82, 2.24) is 5.06 Å². The third-order valence-electron chi connectivity index (χ3n) is 5.53. The molecule has 4 rings (SSSR count). The van der Waals surface area contributed by atoms with Crippen LogP contribution in [0, 0.1) is 0 Å². The van der Waals surface area contributed by atoms with Crippen molar-refractivity contribution in [2.45, 2.75) is 26.4 Å². The molecular weight excluding hydrogens is 426 g/mol. The molecule has 1 amide bonds. The van der Waals surface area contributed by atoms with Crippen LogP contribution >= 0.6 is 0 Å². The Labute approximate surface area is 199 Å². The van der Waals surface area contributed by atoms with Crippen molar-refractivity contribution < 1.29 is 14.4 Å². The zero-order valence-corrected chi connectivity index (χ0v) is 19.1. The summed E-state index contributed by atoms with van der Waals surface area (Å²) in [4.78, 5) is 34.7. The lowest BCUT2D eigenvalue weighted by molar-refractivity contribution is -0.187. The molecule has 172 valence electrons. The molecule has 0 saturated heterocycles. The van der Waals surface area contributed by atoms with Crippen molar-refractivity contribution >= 4 is 29.8 Å². The number of carbonyl (C=O) groups is 2. The molecule has 0 saturated carbocycles. The molecule has 0 unspecified atom stereocenters. The van der Waals surface area contributed by atoms with Gasteiger partial charge in [-0.3, -0.25) is 14.4 Å². The van der Waals surface area contributed by atoms with Crippen LogP contribution in [0.4, 0.5) is 5.69 Å². The SMILES string of the molecule is CCCN(OCc1ccccc1)C(=O)C1=Cc2ccc(-c3ccc(C=O)cc3)cc2N=C(N)C1. The molecule has 1 aliphatic rings. The minimum atomic E-state index is -0.211. The molecule has 2 N–H and O–H groups in total. The monoisotopic (exact) mass is 453 g/mol. The molecule has 1 aliphatic heterocycles. The van der Waals surface area contributed by atoms with Crippen LogP contribution in [0.1, 0.15) is 41.3 Å². The first-order valence-corrected chi connectivity index (χ1v) is 11.3. The van der Waals surface area contributed by atoms with Gasteiger partial charge in [-0.15, -0.1) is 0 Å². The normalized spacial score (nSPS) is 12.7. The lowest BCUT2D eigenvalue weighted by Gasteiger charge is -2.22. The molecular formula is C28H27N3O3. The molecule has 0 spiro atoms. The van der Waals surface area contributed by atoms with Crippen LogP contribution in [0.25, 0.3) is 17.2 Å². The summed E-state index contributed by atoms with van der Waals surface area (Å²) in [5, 5.41) is 1.42. The van der Waals surface area contributed by atoms with E-state index in [4.69, 9.17) is 10.6 Å². The largest absolute Gasteiger partial charge is 0.387 e.